The minimum Gasteiger partial charge on any atom is -1.00 e. The van der Waals surface area contributed by atoms with Crippen molar-refractivity contribution in [3.63, 3.8) is 0 Å². The van der Waals surface area contributed by atoms with E-state index in [2.05, 4.69) is 13.8 Å². The van der Waals surface area contributed by atoms with Crippen LogP contribution in [0.5, 0.6) is 0 Å². The Balaban J connectivity index is 0. The highest BCUT2D eigenvalue weighted by Crippen LogP contribution is 1.73. The predicted molar refractivity (Wildman–Crippen MR) is 42.2 cm³/mol. The molecule has 0 aromatic heterocycles. The van der Waals surface area contributed by atoms with Crippen LogP contribution in [0.4, 0.5) is 0 Å². The van der Waals surface area contributed by atoms with Gasteiger partial charge in [-0.15, -0.1) is 0 Å². The van der Waals surface area contributed by atoms with Crippen molar-refractivity contribution in [2.75, 3.05) is 19.6 Å². The highest BCUT2D eigenvalue weighted by atomic mass is 79.9. The Morgan fingerprint density at radius 2 is 1.73 bits per heavy atom. The lowest BCUT2D eigenvalue weighted by atomic mass is 10.3. The maximum atomic E-state index is 10.6. The molecule has 0 heterocycles. The second-order valence-corrected chi connectivity index (χ2v) is 2.66. The van der Waals surface area contributed by atoms with Gasteiger partial charge in [-0.25, -0.2) is 0 Å². The van der Waals surface area contributed by atoms with Crippen molar-refractivity contribution >= 4 is 5.78 Å². The van der Waals surface area contributed by atoms with Crippen molar-refractivity contribution in [3.8, 4) is 0 Å². The molecule has 2 nitrogen and oxygen atoms in total. The molecule has 0 aliphatic heterocycles. The maximum Gasteiger partial charge on any atom is 0.135 e. The van der Waals surface area contributed by atoms with Gasteiger partial charge >= 0.3 is 0 Å². The molecule has 0 fully saturated rings. The van der Waals surface area contributed by atoms with Gasteiger partial charge in [0.05, 0.1) is 26.1 Å². The molecule has 0 radical (unpaired) electrons. The van der Waals surface area contributed by atoms with E-state index >= 15 is 0 Å². The molecule has 0 atom stereocenters. The average molecular weight is 224 g/mol. The molecular formula is C8H18BrNO. The summed E-state index contributed by atoms with van der Waals surface area (Å²) in [5.74, 6) is 0.305. The molecule has 0 aliphatic rings. The first-order chi connectivity index (χ1) is 4.70. The van der Waals surface area contributed by atoms with Crippen molar-refractivity contribution in [3.05, 3.63) is 0 Å². The van der Waals surface area contributed by atoms with Crippen LogP contribution < -0.4 is 21.9 Å². The van der Waals surface area contributed by atoms with Gasteiger partial charge in [-0.1, -0.05) is 0 Å². The summed E-state index contributed by atoms with van der Waals surface area (Å²) in [6.07, 6.45) is 0.733. The zero-order valence-electron chi connectivity index (χ0n) is 7.61. The van der Waals surface area contributed by atoms with E-state index in [-0.39, 0.29) is 17.0 Å². The smallest absolute Gasteiger partial charge is 0.135 e. The van der Waals surface area contributed by atoms with E-state index in [1.54, 1.807) is 6.92 Å². The fourth-order valence-corrected chi connectivity index (χ4v) is 0.956. The number of hydrogen-bond acceptors (Lipinski definition) is 1. The fourth-order valence-electron chi connectivity index (χ4n) is 0.956. The first-order valence-electron chi connectivity index (χ1n) is 4.03. The van der Waals surface area contributed by atoms with Crippen molar-refractivity contribution < 1.29 is 26.7 Å². The Kier molecular flexibility index (Phi) is 10.2. The second-order valence-electron chi connectivity index (χ2n) is 2.66. The molecule has 0 rings (SSSR count). The quantitative estimate of drug-likeness (QED) is 0.524. The molecule has 3 heteroatoms. The lowest BCUT2D eigenvalue weighted by Gasteiger charge is -2.13. The SMILES string of the molecule is CC[NH+](CC)CCC(C)=O.[Br-]. The number of halogens is 1. The third-order valence-corrected chi connectivity index (χ3v) is 1.83. The predicted octanol–water partition coefficient (Wildman–Crippen LogP) is -3.11. The number of carbonyl (C=O) groups is 1. The minimum atomic E-state index is 0. The van der Waals surface area contributed by atoms with E-state index in [9.17, 15) is 4.79 Å². The zero-order chi connectivity index (χ0) is 7.98. The molecule has 0 unspecified atom stereocenters. The van der Waals surface area contributed by atoms with Crippen LogP contribution in [0, 0.1) is 0 Å². The van der Waals surface area contributed by atoms with Gasteiger partial charge in [0.1, 0.15) is 5.78 Å². The molecule has 1 N–H and O–H groups in total. The summed E-state index contributed by atoms with van der Waals surface area (Å²) < 4.78 is 0. The number of quaternary nitrogens is 1. The lowest BCUT2D eigenvalue weighted by Crippen LogP contribution is -3.11. The molecule has 0 aromatic carbocycles. The number of rotatable bonds is 5. The summed E-state index contributed by atoms with van der Waals surface area (Å²) in [6, 6.07) is 0. The van der Waals surface area contributed by atoms with E-state index in [1.807, 2.05) is 0 Å². The molecular weight excluding hydrogens is 206 g/mol. The molecule has 11 heavy (non-hydrogen) atoms. The number of Topliss-reactive ketones (excluding diaryl/α,β-unsaturated/α-hetero) is 1. The van der Waals surface area contributed by atoms with Crippen molar-refractivity contribution in [2.24, 2.45) is 0 Å². The Bertz CT molecular complexity index is 102. The topological polar surface area (TPSA) is 21.5 Å². The Hall–Kier alpha value is 0.110. The Morgan fingerprint density at radius 1 is 1.27 bits per heavy atom. The highest BCUT2D eigenvalue weighted by molar-refractivity contribution is 5.75. The highest BCUT2D eigenvalue weighted by Gasteiger charge is 2.02. The monoisotopic (exact) mass is 223 g/mol. The van der Waals surface area contributed by atoms with E-state index in [0.717, 1.165) is 26.1 Å². The van der Waals surface area contributed by atoms with Gasteiger partial charge < -0.3 is 21.9 Å². The van der Waals surface area contributed by atoms with Gasteiger partial charge in [-0.2, -0.15) is 0 Å². The van der Waals surface area contributed by atoms with E-state index in [0.29, 0.717) is 5.78 Å². The van der Waals surface area contributed by atoms with Gasteiger partial charge in [0.15, 0.2) is 0 Å². The third-order valence-electron chi connectivity index (χ3n) is 1.83. The molecule has 68 valence electrons. The summed E-state index contributed by atoms with van der Waals surface area (Å²) in [5.41, 5.74) is 0. The summed E-state index contributed by atoms with van der Waals surface area (Å²) in [5, 5.41) is 0. The standard InChI is InChI=1S/C8H17NO.BrH/c1-4-9(5-2)7-6-8(3)10;/h4-7H2,1-3H3;1H. The zero-order valence-corrected chi connectivity index (χ0v) is 9.20. The summed E-state index contributed by atoms with van der Waals surface area (Å²) >= 11 is 0. The van der Waals surface area contributed by atoms with Crippen LogP contribution in [-0.4, -0.2) is 25.4 Å². The van der Waals surface area contributed by atoms with Crippen molar-refractivity contribution in [1.29, 1.82) is 0 Å². The normalized spacial score (nSPS) is 9.45. The van der Waals surface area contributed by atoms with Crippen LogP contribution in [0.2, 0.25) is 0 Å². The molecule has 0 amide bonds. The van der Waals surface area contributed by atoms with Gasteiger partial charge in [-0.05, 0) is 20.8 Å². The summed E-state index contributed by atoms with van der Waals surface area (Å²) in [6.45, 7) is 9.22. The number of carbonyl (C=O) groups excluding carboxylic acids is 1. The van der Waals surface area contributed by atoms with E-state index in [1.165, 1.54) is 4.90 Å². The lowest BCUT2D eigenvalue weighted by molar-refractivity contribution is -0.895. The van der Waals surface area contributed by atoms with Gasteiger partial charge in [-0.3, -0.25) is 4.79 Å². The van der Waals surface area contributed by atoms with E-state index in [4.69, 9.17) is 0 Å². The molecule has 0 aromatic rings. The van der Waals surface area contributed by atoms with Crippen LogP contribution in [0.25, 0.3) is 0 Å². The Labute approximate surface area is 79.7 Å². The second kappa shape index (κ2) is 8.21. The van der Waals surface area contributed by atoms with Crippen LogP contribution in [0.3, 0.4) is 0 Å². The molecule has 0 aliphatic carbocycles. The van der Waals surface area contributed by atoms with Crippen molar-refractivity contribution in [2.45, 2.75) is 27.2 Å². The fraction of sp³-hybridized carbons (Fsp3) is 0.875. The van der Waals surface area contributed by atoms with Crippen LogP contribution >= 0.6 is 0 Å². The van der Waals surface area contributed by atoms with Gasteiger partial charge in [0.25, 0.3) is 0 Å². The number of hydrogen-bond donors (Lipinski definition) is 1. The minimum absolute atomic E-state index is 0. The number of ketones is 1. The summed E-state index contributed by atoms with van der Waals surface area (Å²) in [7, 11) is 0. The maximum absolute atomic E-state index is 10.6. The van der Waals surface area contributed by atoms with Crippen LogP contribution in [-0.2, 0) is 4.79 Å². The van der Waals surface area contributed by atoms with Crippen molar-refractivity contribution in [1.82, 2.24) is 0 Å². The van der Waals surface area contributed by atoms with Crippen LogP contribution in [0.1, 0.15) is 27.2 Å². The Morgan fingerprint density at radius 3 is 2.00 bits per heavy atom. The van der Waals surface area contributed by atoms with E-state index < -0.39 is 0 Å². The first kappa shape index (κ1) is 13.7. The van der Waals surface area contributed by atoms with Gasteiger partial charge in [0.2, 0.25) is 0 Å². The van der Waals surface area contributed by atoms with Crippen LogP contribution in [0.15, 0.2) is 0 Å². The summed E-state index contributed by atoms with van der Waals surface area (Å²) in [4.78, 5) is 12.1. The third kappa shape index (κ3) is 8.01. The molecule has 0 saturated carbocycles. The average Bonchev–Trinajstić information content (AvgIpc) is 1.90. The largest absolute Gasteiger partial charge is 1.00 e. The number of nitrogens with one attached hydrogen (secondary N) is 1. The molecule has 0 bridgehead atoms. The molecule has 0 spiro atoms. The van der Waals surface area contributed by atoms with Gasteiger partial charge in [0, 0.05) is 0 Å². The first-order valence-corrected chi connectivity index (χ1v) is 4.03. The molecule has 0 saturated heterocycles.